The van der Waals surface area contributed by atoms with E-state index in [4.69, 9.17) is 4.74 Å². The molecule has 1 aliphatic heterocycles. The zero-order valence-electron chi connectivity index (χ0n) is 14.1. The second kappa shape index (κ2) is 7.49. The molecule has 1 atom stereocenters. The summed E-state index contributed by atoms with van der Waals surface area (Å²) in [4.78, 5) is 27.2. The van der Waals surface area contributed by atoms with Crippen molar-refractivity contribution in [1.82, 2.24) is 19.9 Å². The highest BCUT2D eigenvalue weighted by Crippen LogP contribution is 2.15. The summed E-state index contributed by atoms with van der Waals surface area (Å²) in [6, 6.07) is 5.62. The van der Waals surface area contributed by atoms with Crippen molar-refractivity contribution in [2.45, 2.75) is 32.8 Å². The number of hydrogen-bond acceptors (Lipinski definition) is 5. The molecule has 0 aromatic carbocycles. The van der Waals surface area contributed by atoms with Crippen molar-refractivity contribution in [3.8, 4) is 0 Å². The molecule has 0 N–H and O–H groups in total. The summed E-state index contributed by atoms with van der Waals surface area (Å²) in [7, 11) is 0. The van der Waals surface area contributed by atoms with Crippen LogP contribution < -0.4 is 0 Å². The first-order chi connectivity index (χ1) is 11.6. The van der Waals surface area contributed by atoms with E-state index in [1.807, 2.05) is 30.9 Å². The highest BCUT2D eigenvalue weighted by atomic mass is 16.5. The molecule has 0 saturated carbocycles. The first-order valence-corrected chi connectivity index (χ1v) is 8.23. The number of aromatic nitrogens is 3. The van der Waals surface area contributed by atoms with Gasteiger partial charge >= 0.3 is 0 Å². The SMILES string of the molecule is Cc1cc(CC[C@@H]2CN(C(=O)c3cccnc3C)CCO2)ncn1. The molecule has 1 amide bonds. The standard InChI is InChI=1S/C18H22N4O2/c1-13-10-15(21-12-20-13)5-6-16-11-22(8-9-24-16)18(23)17-4-3-7-19-14(17)2/h3-4,7,10,12,16H,5-6,8-9,11H2,1-2H3/t16-/m1/s1. The number of amides is 1. The van der Waals surface area contributed by atoms with Crippen molar-refractivity contribution in [3.05, 3.63) is 53.4 Å². The van der Waals surface area contributed by atoms with Gasteiger partial charge in [-0.25, -0.2) is 9.97 Å². The van der Waals surface area contributed by atoms with Gasteiger partial charge in [0.1, 0.15) is 6.33 Å². The van der Waals surface area contributed by atoms with Crippen LogP contribution in [0.4, 0.5) is 0 Å². The van der Waals surface area contributed by atoms with Gasteiger partial charge < -0.3 is 9.64 Å². The second-order valence-corrected chi connectivity index (χ2v) is 6.07. The number of pyridine rings is 1. The van der Waals surface area contributed by atoms with Crippen LogP contribution in [0.5, 0.6) is 0 Å². The van der Waals surface area contributed by atoms with Crippen molar-refractivity contribution in [1.29, 1.82) is 0 Å². The third-order valence-electron chi connectivity index (χ3n) is 4.25. The molecular weight excluding hydrogens is 304 g/mol. The number of rotatable bonds is 4. The van der Waals surface area contributed by atoms with E-state index >= 15 is 0 Å². The van der Waals surface area contributed by atoms with Gasteiger partial charge in [0.25, 0.3) is 5.91 Å². The fraction of sp³-hybridized carbons (Fsp3) is 0.444. The van der Waals surface area contributed by atoms with Crippen molar-refractivity contribution in [2.75, 3.05) is 19.7 Å². The molecule has 3 rings (SSSR count). The van der Waals surface area contributed by atoms with Gasteiger partial charge in [0.05, 0.1) is 18.3 Å². The molecule has 3 heterocycles. The van der Waals surface area contributed by atoms with Crippen LogP contribution in [-0.2, 0) is 11.2 Å². The van der Waals surface area contributed by atoms with E-state index in [9.17, 15) is 4.79 Å². The predicted molar refractivity (Wildman–Crippen MR) is 89.7 cm³/mol. The number of morpholine rings is 1. The summed E-state index contributed by atoms with van der Waals surface area (Å²) in [6.45, 7) is 5.62. The molecule has 126 valence electrons. The number of ether oxygens (including phenoxy) is 1. The predicted octanol–water partition coefficient (Wildman–Crippen LogP) is 1.96. The quantitative estimate of drug-likeness (QED) is 0.859. The van der Waals surface area contributed by atoms with E-state index in [2.05, 4.69) is 15.0 Å². The van der Waals surface area contributed by atoms with Gasteiger partial charge in [-0.2, -0.15) is 0 Å². The summed E-state index contributed by atoms with van der Waals surface area (Å²) >= 11 is 0. The van der Waals surface area contributed by atoms with E-state index in [1.54, 1.807) is 18.6 Å². The van der Waals surface area contributed by atoms with E-state index in [0.717, 1.165) is 29.9 Å². The Balaban J connectivity index is 1.60. The topological polar surface area (TPSA) is 68.2 Å². The highest BCUT2D eigenvalue weighted by Gasteiger charge is 2.26. The molecule has 24 heavy (non-hydrogen) atoms. The number of hydrogen-bond donors (Lipinski definition) is 0. The number of nitrogens with zero attached hydrogens (tertiary/aromatic N) is 4. The molecule has 2 aromatic rings. The Morgan fingerprint density at radius 2 is 2.21 bits per heavy atom. The molecule has 0 spiro atoms. The van der Waals surface area contributed by atoms with Crippen LogP contribution in [0.25, 0.3) is 0 Å². The summed E-state index contributed by atoms with van der Waals surface area (Å²) in [5, 5.41) is 0. The van der Waals surface area contributed by atoms with Crippen molar-refractivity contribution in [2.24, 2.45) is 0 Å². The summed E-state index contributed by atoms with van der Waals surface area (Å²) in [5.41, 5.74) is 3.41. The van der Waals surface area contributed by atoms with Crippen LogP contribution in [-0.4, -0.2) is 51.6 Å². The fourth-order valence-electron chi connectivity index (χ4n) is 2.91. The summed E-state index contributed by atoms with van der Waals surface area (Å²) in [6.07, 6.45) is 4.99. The lowest BCUT2D eigenvalue weighted by Gasteiger charge is -2.33. The second-order valence-electron chi connectivity index (χ2n) is 6.07. The van der Waals surface area contributed by atoms with Crippen LogP contribution in [0.2, 0.25) is 0 Å². The van der Waals surface area contributed by atoms with Gasteiger partial charge in [-0.15, -0.1) is 0 Å². The maximum absolute atomic E-state index is 12.7. The highest BCUT2D eigenvalue weighted by molar-refractivity contribution is 5.95. The van der Waals surface area contributed by atoms with Crippen molar-refractivity contribution < 1.29 is 9.53 Å². The normalized spacial score (nSPS) is 17.8. The summed E-state index contributed by atoms with van der Waals surface area (Å²) in [5.74, 6) is 0.0341. The van der Waals surface area contributed by atoms with E-state index < -0.39 is 0 Å². The Morgan fingerprint density at radius 1 is 1.33 bits per heavy atom. The molecule has 1 aliphatic rings. The fourth-order valence-corrected chi connectivity index (χ4v) is 2.91. The molecule has 0 aliphatic carbocycles. The largest absolute Gasteiger partial charge is 0.375 e. The smallest absolute Gasteiger partial charge is 0.255 e. The Bertz CT molecular complexity index is 720. The Morgan fingerprint density at radius 3 is 3.00 bits per heavy atom. The van der Waals surface area contributed by atoms with E-state index in [1.165, 1.54) is 0 Å². The van der Waals surface area contributed by atoms with Gasteiger partial charge in [-0.1, -0.05) is 0 Å². The van der Waals surface area contributed by atoms with Gasteiger partial charge in [0, 0.05) is 36.4 Å². The minimum atomic E-state index is 0.0341. The van der Waals surface area contributed by atoms with Gasteiger partial charge in [-0.05, 0) is 44.9 Å². The minimum absolute atomic E-state index is 0.0341. The monoisotopic (exact) mass is 326 g/mol. The molecule has 6 nitrogen and oxygen atoms in total. The molecule has 1 saturated heterocycles. The lowest BCUT2D eigenvalue weighted by atomic mass is 10.1. The van der Waals surface area contributed by atoms with E-state index in [-0.39, 0.29) is 12.0 Å². The third kappa shape index (κ3) is 3.94. The molecule has 2 aromatic heterocycles. The molecule has 0 bridgehead atoms. The maximum Gasteiger partial charge on any atom is 0.255 e. The van der Waals surface area contributed by atoms with Crippen LogP contribution in [0.1, 0.15) is 33.9 Å². The number of aryl methyl sites for hydroxylation is 3. The minimum Gasteiger partial charge on any atom is -0.375 e. The zero-order chi connectivity index (χ0) is 16.9. The van der Waals surface area contributed by atoms with E-state index in [0.29, 0.717) is 25.3 Å². The number of carbonyl (C=O) groups is 1. The molecular formula is C18H22N4O2. The average Bonchev–Trinajstić information content (AvgIpc) is 2.60. The summed E-state index contributed by atoms with van der Waals surface area (Å²) < 4.78 is 5.82. The first kappa shape index (κ1) is 16.5. The zero-order valence-corrected chi connectivity index (χ0v) is 14.1. The molecule has 6 heteroatoms. The number of carbonyl (C=O) groups excluding carboxylic acids is 1. The van der Waals surface area contributed by atoms with Crippen LogP contribution >= 0.6 is 0 Å². The van der Waals surface area contributed by atoms with Gasteiger partial charge in [-0.3, -0.25) is 9.78 Å². The first-order valence-electron chi connectivity index (χ1n) is 8.23. The Hall–Kier alpha value is -2.34. The van der Waals surface area contributed by atoms with Crippen LogP contribution in [0.3, 0.4) is 0 Å². The Labute approximate surface area is 141 Å². The lowest BCUT2D eigenvalue weighted by molar-refractivity contribution is -0.0247. The van der Waals surface area contributed by atoms with Crippen molar-refractivity contribution >= 4 is 5.91 Å². The van der Waals surface area contributed by atoms with Crippen molar-refractivity contribution in [3.63, 3.8) is 0 Å². The average molecular weight is 326 g/mol. The maximum atomic E-state index is 12.7. The van der Waals surface area contributed by atoms with Gasteiger partial charge in [0.2, 0.25) is 0 Å². The lowest BCUT2D eigenvalue weighted by Crippen LogP contribution is -2.46. The van der Waals surface area contributed by atoms with Gasteiger partial charge in [0.15, 0.2) is 0 Å². The Kier molecular flexibility index (Phi) is 5.15. The van der Waals surface area contributed by atoms with Crippen LogP contribution in [0.15, 0.2) is 30.7 Å². The third-order valence-corrected chi connectivity index (χ3v) is 4.25. The molecule has 1 fully saturated rings. The van der Waals surface area contributed by atoms with Crippen LogP contribution in [0, 0.1) is 13.8 Å². The molecule has 0 radical (unpaired) electrons. The molecule has 0 unspecified atom stereocenters.